The lowest BCUT2D eigenvalue weighted by atomic mass is 10.1. The molecular formula is C12H21NO2. The van der Waals surface area contributed by atoms with Crippen LogP contribution in [0.2, 0.25) is 0 Å². The Morgan fingerprint density at radius 1 is 1.47 bits per heavy atom. The van der Waals surface area contributed by atoms with E-state index < -0.39 is 5.97 Å². The Bertz CT molecular complexity index is 216. The third-order valence-electron chi connectivity index (χ3n) is 3.00. The minimum absolute atomic E-state index is 0.127. The smallest absolute Gasteiger partial charge is 0.307 e. The van der Waals surface area contributed by atoms with E-state index in [2.05, 4.69) is 11.5 Å². The molecule has 1 atom stereocenters. The molecule has 15 heavy (non-hydrogen) atoms. The van der Waals surface area contributed by atoms with Crippen molar-refractivity contribution < 1.29 is 9.90 Å². The molecule has 0 saturated carbocycles. The van der Waals surface area contributed by atoms with E-state index in [0.717, 1.165) is 32.5 Å². The lowest BCUT2D eigenvalue weighted by Crippen LogP contribution is -2.24. The average molecular weight is 211 g/mol. The summed E-state index contributed by atoms with van der Waals surface area (Å²) >= 11 is 0. The van der Waals surface area contributed by atoms with Crippen LogP contribution in [0.3, 0.4) is 0 Å². The van der Waals surface area contributed by atoms with Gasteiger partial charge in [0.2, 0.25) is 0 Å². The van der Waals surface area contributed by atoms with E-state index in [4.69, 9.17) is 5.11 Å². The third kappa shape index (κ3) is 4.47. The molecule has 1 aliphatic rings. The Labute approximate surface area is 91.8 Å². The first-order valence-electron chi connectivity index (χ1n) is 5.80. The number of aliphatic carboxylic acids is 1. The maximum atomic E-state index is 10.7. The van der Waals surface area contributed by atoms with E-state index in [-0.39, 0.29) is 5.92 Å². The monoisotopic (exact) mass is 211 g/mol. The summed E-state index contributed by atoms with van der Waals surface area (Å²) in [5.41, 5.74) is 0. The molecule has 0 aromatic rings. The molecule has 3 nitrogen and oxygen atoms in total. The highest BCUT2D eigenvalue weighted by molar-refractivity contribution is 5.70. The molecule has 0 aromatic heterocycles. The molecule has 1 heterocycles. The first kappa shape index (κ1) is 12.2. The Morgan fingerprint density at radius 2 is 2.27 bits per heavy atom. The number of allylic oxidation sites excluding steroid dienone is 1. The maximum Gasteiger partial charge on any atom is 0.307 e. The number of likely N-dealkylation sites (tertiary alicyclic amines) is 1. The summed E-state index contributed by atoms with van der Waals surface area (Å²) in [6.07, 6.45) is 7.48. The zero-order valence-electron chi connectivity index (χ0n) is 9.32. The first-order chi connectivity index (χ1) is 7.24. The molecule has 1 unspecified atom stereocenters. The summed E-state index contributed by atoms with van der Waals surface area (Å²) in [6.45, 7) is 6.45. The predicted octanol–water partition coefficient (Wildman–Crippen LogP) is 2.14. The van der Waals surface area contributed by atoms with Crippen molar-refractivity contribution in [2.24, 2.45) is 5.92 Å². The van der Waals surface area contributed by atoms with Crippen LogP contribution in [0.1, 0.15) is 32.1 Å². The summed E-state index contributed by atoms with van der Waals surface area (Å²) in [5.74, 6) is -0.762. The van der Waals surface area contributed by atoms with Gasteiger partial charge in [0.05, 0.1) is 5.92 Å². The molecule has 0 spiro atoms. The van der Waals surface area contributed by atoms with E-state index in [1.165, 1.54) is 19.3 Å². The second-order valence-electron chi connectivity index (χ2n) is 4.26. The number of hydrogen-bond donors (Lipinski definition) is 1. The normalized spacial score (nSPS) is 21.7. The quantitative estimate of drug-likeness (QED) is 0.518. The third-order valence-corrected chi connectivity index (χ3v) is 3.00. The Kier molecular flexibility index (Phi) is 5.40. The van der Waals surface area contributed by atoms with Crippen LogP contribution in [-0.2, 0) is 4.79 Å². The summed E-state index contributed by atoms with van der Waals surface area (Å²) < 4.78 is 0. The van der Waals surface area contributed by atoms with Gasteiger partial charge in [-0.3, -0.25) is 4.79 Å². The number of carbonyl (C=O) groups is 1. The van der Waals surface area contributed by atoms with Crippen molar-refractivity contribution in [3.8, 4) is 0 Å². The van der Waals surface area contributed by atoms with Crippen LogP contribution < -0.4 is 0 Å². The highest BCUT2D eigenvalue weighted by Gasteiger charge is 2.27. The number of hydrogen-bond acceptors (Lipinski definition) is 2. The number of rotatable bonds is 7. The van der Waals surface area contributed by atoms with Crippen molar-refractivity contribution in [3.63, 3.8) is 0 Å². The molecule has 1 saturated heterocycles. The van der Waals surface area contributed by atoms with Gasteiger partial charge >= 0.3 is 5.97 Å². The van der Waals surface area contributed by atoms with Gasteiger partial charge in [-0.05, 0) is 38.8 Å². The molecule has 0 aromatic carbocycles. The minimum Gasteiger partial charge on any atom is -0.481 e. The van der Waals surface area contributed by atoms with Gasteiger partial charge in [0, 0.05) is 6.54 Å². The fourth-order valence-corrected chi connectivity index (χ4v) is 2.04. The van der Waals surface area contributed by atoms with Crippen molar-refractivity contribution in [1.29, 1.82) is 0 Å². The summed E-state index contributed by atoms with van der Waals surface area (Å²) in [7, 11) is 0. The molecule has 0 bridgehead atoms. The van der Waals surface area contributed by atoms with Gasteiger partial charge in [0.1, 0.15) is 0 Å². The second kappa shape index (κ2) is 6.62. The molecule has 1 rings (SSSR count). The average Bonchev–Trinajstić information content (AvgIpc) is 2.66. The van der Waals surface area contributed by atoms with Crippen LogP contribution in [0.4, 0.5) is 0 Å². The summed E-state index contributed by atoms with van der Waals surface area (Å²) in [6, 6.07) is 0. The Morgan fingerprint density at radius 3 is 2.87 bits per heavy atom. The molecule has 1 fully saturated rings. The van der Waals surface area contributed by atoms with E-state index in [0.29, 0.717) is 0 Å². The SMILES string of the molecule is C=CCCCCCN1CCC(C(=O)O)C1. The van der Waals surface area contributed by atoms with Gasteiger partial charge in [-0.15, -0.1) is 6.58 Å². The molecule has 0 amide bonds. The van der Waals surface area contributed by atoms with Crippen molar-refractivity contribution in [2.75, 3.05) is 19.6 Å². The molecule has 3 heteroatoms. The lowest BCUT2D eigenvalue weighted by molar-refractivity contribution is -0.141. The Hall–Kier alpha value is -0.830. The van der Waals surface area contributed by atoms with Crippen LogP contribution in [0, 0.1) is 5.92 Å². The lowest BCUT2D eigenvalue weighted by Gasteiger charge is -2.14. The largest absolute Gasteiger partial charge is 0.481 e. The van der Waals surface area contributed by atoms with Crippen LogP contribution >= 0.6 is 0 Å². The van der Waals surface area contributed by atoms with E-state index in [9.17, 15) is 4.79 Å². The highest BCUT2D eigenvalue weighted by atomic mass is 16.4. The van der Waals surface area contributed by atoms with Crippen molar-refractivity contribution in [3.05, 3.63) is 12.7 Å². The number of carboxylic acid groups (broad SMARTS) is 1. The van der Waals surface area contributed by atoms with Crippen LogP contribution in [0.15, 0.2) is 12.7 Å². The highest BCUT2D eigenvalue weighted by Crippen LogP contribution is 2.16. The fraction of sp³-hybridized carbons (Fsp3) is 0.750. The fourth-order valence-electron chi connectivity index (χ4n) is 2.04. The molecule has 1 aliphatic heterocycles. The number of unbranched alkanes of at least 4 members (excludes halogenated alkanes) is 3. The standard InChI is InChI=1S/C12H21NO2/c1-2-3-4-5-6-8-13-9-7-11(10-13)12(14)15/h2,11H,1,3-10H2,(H,14,15). The van der Waals surface area contributed by atoms with Crippen LogP contribution in [-0.4, -0.2) is 35.6 Å². The summed E-state index contributed by atoms with van der Waals surface area (Å²) in [4.78, 5) is 13.0. The van der Waals surface area contributed by atoms with Gasteiger partial charge in [-0.2, -0.15) is 0 Å². The van der Waals surface area contributed by atoms with Crippen LogP contribution in [0.5, 0.6) is 0 Å². The van der Waals surface area contributed by atoms with Gasteiger partial charge in [-0.25, -0.2) is 0 Å². The number of nitrogens with zero attached hydrogens (tertiary/aromatic N) is 1. The minimum atomic E-state index is -0.635. The Balaban J connectivity index is 2.03. The van der Waals surface area contributed by atoms with E-state index in [1.54, 1.807) is 0 Å². The van der Waals surface area contributed by atoms with Crippen molar-refractivity contribution >= 4 is 5.97 Å². The topological polar surface area (TPSA) is 40.5 Å². The first-order valence-corrected chi connectivity index (χ1v) is 5.80. The van der Waals surface area contributed by atoms with E-state index in [1.807, 2.05) is 6.08 Å². The van der Waals surface area contributed by atoms with Gasteiger partial charge < -0.3 is 10.0 Å². The van der Waals surface area contributed by atoms with E-state index >= 15 is 0 Å². The molecule has 0 radical (unpaired) electrons. The van der Waals surface area contributed by atoms with Gasteiger partial charge in [0.25, 0.3) is 0 Å². The van der Waals surface area contributed by atoms with Crippen molar-refractivity contribution in [1.82, 2.24) is 4.90 Å². The van der Waals surface area contributed by atoms with Crippen LogP contribution in [0.25, 0.3) is 0 Å². The zero-order valence-corrected chi connectivity index (χ0v) is 9.32. The number of carboxylic acids is 1. The second-order valence-corrected chi connectivity index (χ2v) is 4.26. The molecule has 1 N–H and O–H groups in total. The molecule has 86 valence electrons. The van der Waals surface area contributed by atoms with Gasteiger partial charge in [-0.1, -0.05) is 12.5 Å². The van der Waals surface area contributed by atoms with Gasteiger partial charge in [0.15, 0.2) is 0 Å². The maximum absolute atomic E-state index is 10.7. The predicted molar refractivity (Wildman–Crippen MR) is 60.8 cm³/mol. The summed E-state index contributed by atoms with van der Waals surface area (Å²) in [5, 5.41) is 8.83. The molecule has 0 aliphatic carbocycles. The zero-order chi connectivity index (χ0) is 11.1. The van der Waals surface area contributed by atoms with Crippen molar-refractivity contribution in [2.45, 2.75) is 32.1 Å². The molecular weight excluding hydrogens is 190 g/mol.